The summed E-state index contributed by atoms with van der Waals surface area (Å²) < 4.78 is 15.0. The summed E-state index contributed by atoms with van der Waals surface area (Å²) in [5, 5.41) is 17.2. The molecule has 0 amide bonds. The predicted molar refractivity (Wildman–Crippen MR) is 88.7 cm³/mol. The predicted octanol–water partition coefficient (Wildman–Crippen LogP) is 3.90. The van der Waals surface area contributed by atoms with Gasteiger partial charge in [0.25, 0.3) is 12.5 Å². The number of nitriles is 2. The molecule has 0 aliphatic carbocycles. The van der Waals surface area contributed by atoms with Crippen molar-refractivity contribution in [3.63, 3.8) is 0 Å². The average Bonchev–Trinajstić information content (AvgIpc) is 2.59. The maximum absolute atomic E-state index is 8.60. The summed E-state index contributed by atoms with van der Waals surface area (Å²) in [7, 11) is 1.55. The Bertz CT molecular complexity index is 788. The largest absolute Gasteiger partial charge is 0.493 e. The summed E-state index contributed by atoms with van der Waals surface area (Å²) in [5.74, 6) is 1.58. The Morgan fingerprint density at radius 1 is 0.833 bits per heavy atom. The summed E-state index contributed by atoms with van der Waals surface area (Å²) in [4.78, 5) is 0. The summed E-state index contributed by atoms with van der Waals surface area (Å²) in [6.07, 6.45) is 6.12. The van der Waals surface area contributed by atoms with E-state index < -0.39 is 0 Å². The van der Waals surface area contributed by atoms with Crippen LogP contribution in [0.4, 0.5) is 0 Å². The van der Waals surface area contributed by atoms with E-state index in [-0.39, 0.29) is 0 Å². The Morgan fingerprint density at radius 3 is 2.00 bits per heavy atom. The highest BCUT2D eigenvalue weighted by Crippen LogP contribution is 2.28. The fourth-order valence-corrected chi connectivity index (χ4v) is 2.53. The molecule has 0 saturated carbocycles. The first-order chi connectivity index (χ1) is 11.7. The minimum Gasteiger partial charge on any atom is -0.493 e. The van der Waals surface area contributed by atoms with Crippen molar-refractivity contribution in [3.8, 4) is 29.8 Å². The molecular formula is C19H18N2O3. The topological polar surface area (TPSA) is 75.3 Å². The second-order valence-corrected chi connectivity index (χ2v) is 5.33. The summed E-state index contributed by atoms with van der Waals surface area (Å²) in [6, 6.07) is 11.4. The molecule has 0 aromatic heterocycles. The van der Waals surface area contributed by atoms with Crippen LogP contribution in [0.25, 0.3) is 0 Å². The van der Waals surface area contributed by atoms with Crippen molar-refractivity contribution < 1.29 is 14.2 Å². The lowest BCUT2D eigenvalue weighted by atomic mass is 10.0. The van der Waals surface area contributed by atoms with Gasteiger partial charge in [-0.05, 0) is 61.1 Å². The molecule has 24 heavy (non-hydrogen) atoms. The number of nitrogens with zero attached hydrogens (tertiary/aromatic N) is 2. The fraction of sp³-hybridized carbons (Fsp3) is 0.263. The second kappa shape index (κ2) is 8.45. The molecule has 0 unspecified atom stereocenters. The number of hydrogen-bond acceptors (Lipinski definition) is 5. The first kappa shape index (κ1) is 17.2. The molecule has 5 heteroatoms. The zero-order valence-corrected chi connectivity index (χ0v) is 13.7. The van der Waals surface area contributed by atoms with E-state index in [1.54, 1.807) is 25.7 Å². The molecule has 2 aromatic carbocycles. The highest BCUT2D eigenvalue weighted by molar-refractivity contribution is 5.43. The van der Waals surface area contributed by atoms with Crippen LogP contribution in [0.5, 0.6) is 17.2 Å². The minimum atomic E-state index is 0.424. The molecule has 0 spiro atoms. The van der Waals surface area contributed by atoms with Crippen LogP contribution < -0.4 is 14.2 Å². The Kier molecular flexibility index (Phi) is 6.05. The van der Waals surface area contributed by atoms with Gasteiger partial charge in [0, 0.05) is 0 Å². The molecule has 0 heterocycles. The van der Waals surface area contributed by atoms with Gasteiger partial charge in [-0.3, -0.25) is 0 Å². The lowest BCUT2D eigenvalue weighted by Gasteiger charge is -2.09. The van der Waals surface area contributed by atoms with Crippen LogP contribution in [0.2, 0.25) is 0 Å². The van der Waals surface area contributed by atoms with Crippen molar-refractivity contribution in [1.29, 1.82) is 10.5 Å². The molecule has 0 saturated heterocycles. The van der Waals surface area contributed by atoms with Gasteiger partial charge in [0.2, 0.25) is 0 Å². The molecule has 0 radical (unpaired) electrons. The van der Waals surface area contributed by atoms with E-state index in [9.17, 15) is 0 Å². The van der Waals surface area contributed by atoms with E-state index in [1.165, 1.54) is 5.56 Å². The minimum absolute atomic E-state index is 0.424. The van der Waals surface area contributed by atoms with Crippen LogP contribution >= 0.6 is 0 Å². The van der Waals surface area contributed by atoms with E-state index >= 15 is 0 Å². The molecule has 122 valence electrons. The fourth-order valence-electron chi connectivity index (χ4n) is 2.53. The third-order valence-electron chi connectivity index (χ3n) is 3.71. The van der Waals surface area contributed by atoms with E-state index in [2.05, 4.69) is 0 Å². The highest BCUT2D eigenvalue weighted by Gasteiger charge is 2.07. The molecule has 0 bridgehead atoms. The Morgan fingerprint density at radius 2 is 1.42 bits per heavy atom. The monoisotopic (exact) mass is 322 g/mol. The van der Waals surface area contributed by atoms with Crippen LogP contribution in [0.3, 0.4) is 0 Å². The molecule has 0 atom stereocenters. The van der Waals surface area contributed by atoms with Gasteiger partial charge in [0.15, 0.2) is 11.5 Å². The van der Waals surface area contributed by atoms with E-state index in [0.29, 0.717) is 17.2 Å². The van der Waals surface area contributed by atoms with Crippen molar-refractivity contribution >= 4 is 0 Å². The lowest BCUT2D eigenvalue weighted by molar-refractivity contribution is 0.383. The maximum atomic E-state index is 8.60. The molecule has 2 rings (SSSR count). The Hall–Kier alpha value is -3.18. The molecule has 2 aromatic rings. The first-order valence-electron chi connectivity index (χ1n) is 7.56. The molecular weight excluding hydrogens is 304 g/mol. The van der Waals surface area contributed by atoms with Crippen LogP contribution in [0, 0.1) is 30.0 Å². The molecule has 0 aliphatic heterocycles. The third kappa shape index (κ3) is 4.41. The molecule has 0 aliphatic rings. The van der Waals surface area contributed by atoms with Gasteiger partial charge in [-0.25, -0.2) is 0 Å². The van der Waals surface area contributed by atoms with E-state index in [1.807, 2.05) is 37.3 Å². The third-order valence-corrected chi connectivity index (χ3v) is 3.71. The smallest absolute Gasteiger partial charge is 0.292 e. The van der Waals surface area contributed by atoms with E-state index in [0.717, 1.165) is 30.4 Å². The number of aryl methyl sites for hydroxylation is 3. The normalized spacial score (nSPS) is 9.67. The van der Waals surface area contributed by atoms with Crippen molar-refractivity contribution in [2.45, 2.75) is 26.2 Å². The van der Waals surface area contributed by atoms with Crippen molar-refractivity contribution in [2.75, 3.05) is 7.11 Å². The van der Waals surface area contributed by atoms with Crippen molar-refractivity contribution in [2.24, 2.45) is 0 Å². The highest BCUT2D eigenvalue weighted by atomic mass is 16.5. The zero-order valence-electron chi connectivity index (χ0n) is 13.7. The van der Waals surface area contributed by atoms with Gasteiger partial charge in [0.05, 0.1) is 7.11 Å². The number of methoxy groups -OCH3 is 1. The van der Waals surface area contributed by atoms with Crippen LogP contribution in [-0.2, 0) is 12.8 Å². The quantitative estimate of drug-likeness (QED) is 0.723. The van der Waals surface area contributed by atoms with Crippen LogP contribution in [0.15, 0.2) is 36.4 Å². The Labute approximate surface area is 141 Å². The van der Waals surface area contributed by atoms with Gasteiger partial charge in [-0.1, -0.05) is 18.2 Å². The van der Waals surface area contributed by atoms with Gasteiger partial charge in [-0.2, -0.15) is 0 Å². The zero-order chi connectivity index (χ0) is 17.4. The number of benzene rings is 2. The van der Waals surface area contributed by atoms with E-state index in [4.69, 9.17) is 24.7 Å². The maximum Gasteiger partial charge on any atom is 0.292 e. The van der Waals surface area contributed by atoms with Crippen molar-refractivity contribution in [3.05, 3.63) is 53.1 Å². The SMILES string of the molecule is COc1cc(CCCc2ccc(OC#N)c(C)c2)ccc1OC#N. The summed E-state index contributed by atoms with van der Waals surface area (Å²) >= 11 is 0. The standard InChI is InChI=1S/C19H18N2O3/c1-14-10-15(6-8-17(14)23-12-20)4-3-5-16-7-9-18(24-13-21)19(11-16)22-2/h6-11H,3-5H2,1-2H3. The van der Waals surface area contributed by atoms with Crippen molar-refractivity contribution in [1.82, 2.24) is 0 Å². The molecule has 5 nitrogen and oxygen atoms in total. The molecule has 0 N–H and O–H groups in total. The summed E-state index contributed by atoms with van der Waals surface area (Å²) in [5.41, 5.74) is 3.28. The Balaban J connectivity index is 1.96. The number of hydrogen-bond donors (Lipinski definition) is 0. The van der Waals surface area contributed by atoms with Gasteiger partial charge < -0.3 is 14.2 Å². The van der Waals surface area contributed by atoms with Gasteiger partial charge >= 0.3 is 0 Å². The summed E-state index contributed by atoms with van der Waals surface area (Å²) in [6.45, 7) is 1.93. The second-order valence-electron chi connectivity index (χ2n) is 5.33. The van der Waals surface area contributed by atoms with Gasteiger partial charge in [0.1, 0.15) is 5.75 Å². The van der Waals surface area contributed by atoms with Crippen LogP contribution in [0.1, 0.15) is 23.1 Å². The number of ether oxygens (including phenoxy) is 3. The first-order valence-corrected chi connectivity index (χ1v) is 7.56. The lowest BCUT2D eigenvalue weighted by Crippen LogP contribution is -1.95. The number of rotatable bonds is 7. The molecule has 0 fully saturated rings. The van der Waals surface area contributed by atoms with Gasteiger partial charge in [-0.15, -0.1) is 10.5 Å². The van der Waals surface area contributed by atoms with Crippen LogP contribution in [-0.4, -0.2) is 7.11 Å². The average molecular weight is 322 g/mol.